The normalized spacial score (nSPS) is 17.8. The average molecular weight is 397 g/mol. The second-order valence-corrected chi connectivity index (χ2v) is 6.96. The van der Waals surface area contributed by atoms with E-state index >= 15 is 0 Å². The van der Waals surface area contributed by atoms with E-state index < -0.39 is 5.91 Å². The molecule has 0 radical (unpaired) electrons. The van der Waals surface area contributed by atoms with Gasteiger partial charge in [-0.3, -0.25) is 20.4 Å². The molecule has 1 aromatic heterocycles. The number of carbonyl (C=O) groups excluding carboxylic acids is 2. The predicted molar refractivity (Wildman–Crippen MR) is 103 cm³/mol. The molecule has 1 fully saturated rings. The molecule has 3 N–H and O–H groups in total. The minimum atomic E-state index is -0.699. The molecule has 2 atom stereocenters. The van der Waals surface area contributed by atoms with Gasteiger partial charge in [0.2, 0.25) is 5.91 Å². The molecule has 1 aliphatic carbocycles. The number of hydrogen-bond donors (Lipinski definition) is 3. The van der Waals surface area contributed by atoms with Crippen LogP contribution >= 0.6 is 11.6 Å². The lowest BCUT2D eigenvalue weighted by atomic mass is 10.1. The summed E-state index contributed by atoms with van der Waals surface area (Å²) in [4.78, 5) is 24.6. The Bertz CT molecular complexity index is 1030. The third kappa shape index (κ3) is 3.57. The number of rotatable bonds is 4. The fourth-order valence-electron chi connectivity index (χ4n) is 3.11. The summed E-state index contributed by atoms with van der Waals surface area (Å²) >= 11 is 6.17. The summed E-state index contributed by atoms with van der Waals surface area (Å²) in [5.74, 6) is -1.50. The minimum Gasteiger partial charge on any atom is -0.504 e. The largest absolute Gasteiger partial charge is 0.504 e. The molecule has 7 nitrogen and oxygen atoms in total. The summed E-state index contributed by atoms with van der Waals surface area (Å²) in [5.41, 5.74) is 6.14. The number of nitrogens with zero attached hydrogens (tertiary/aromatic N) is 2. The molecule has 2 aromatic carbocycles. The predicted octanol–water partition coefficient (Wildman–Crippen LogP) is 2.80. The summed E-state index contributed by atoms with van der Waals surface area (Å²) in [6.45, 7) is 0. The Morgan fingerprint density at radius 3 is 2.54 bits per heavy atom. The van der Waals surface area contributed by atoms with Crippen LogP contribution in [0.5, 0.6) is 5.75 Å². The average Bonchev–Trinajstić information content (AvgIpc) is 3.41. The van der Waals surface area contributed by atoms with Gasteiger partial charge >= 0.3 is 0 Å². The molecule has 2 amide bonds. The van der Waals surface area contributed by atoms with Crippen LogP contribution in [0.4, 0.5) is 0 Å². The van der Waals surface area contributed by atoms with Crippen LogP contribution in [-0.4, -0.2) is 26.7 Å². The van der Waals surface area contributed by atoms with Gasteiger partial charge in [-0.1, -0.05) is 48.0 Å². The number of carbonyl (C=O) groups is 2. The van der Waals surface area contributed by atoms with Gasteiger partial charge in [0, 0.05) is 10.9 Å². The lowest BCUT2D eigenvalue weighted by Crippen LogP contribution is -2.42. The number of aromatic hydroxyl groups is 1. The quantitative estimate of drug-likeness (QED) is 0.591. The van der Waals surface area contributed by atoms with E-state index in [-0.39, 0.29) is 29.2 Å². The van der Waals surface area contributed by atoms with Gasteiger partial charge in [0.05, 0.1) is 11.9 Å². The van der Waals surface area contributed by atoms with E-state index in [9.17, 15) is 14.7 Å². The second-order valence-electron chi connectivity index (χ2n) is 6.56. The van der Waals surface area contributed by atoms with E-state index in [4.69, 9.17) is 11.6 Å². The van der Waals surface area contributed by atoms with E-state index in [1.165, 1.54) is 10.9 Å². The van der Waals surface area contributed by atoms with E-state index in [1.54, 1.807) is 18.2 Å². The van der Waals surface area contributed by atoms with Crippen LogP contribution in [0.1, 0.15) is 28.4 Å². The molecular formula is C20H17ClN4O3. The Hall–Kier alpha value is -3.32. The van der Waals surface area contributed by atoms with Gasteiger partial charge in [-0.15, -0.1) is 0 Å². The molecular weight excluding hydrogens is 380 g/mol. The Balaban J connectivity index is 1.37. The number of nitrogens with one attached hydrogen (secondary N) is 2. The van der Waals surface area contributed by atoms with Gasteiger partial charge in [0.15, 0.2) is 11.4 Å². The van der Waals surface area contributed by atoms with Crippen molar-refractivity contribution >= 4 is 23.4 Å². The first-order chi connectivity index (χ1) is 13.5. The molecule has 0 bridgehead atoms. The highest BCUT2D eigenvalue weighted by Gasteiger charge is 2.45. The standard InChI is InChI=1S/C20H17ClN4O3/c21-16-9-5-4-8-13(16)14-10-15(14)19(27)22-23-20(28)18-17(26)11-25(24-18)12-6-2-1-3-7-12/h1-9,11,14-15,26H,10H2,(H,22,27)(H,23,28). The van der Waals surface area contributed by atoms with Crippen LogP contribution in [0.3, 0.4) is 0 Å². The van der Waals surface area contributed by atoms with E-state index in [0.29, 0.717) is 17.1 Å². The van der Waals surface area contributed by atoms with Gasteiger partial charge in [-0.2, -0.15) is 5.10 Å². The maximum atomic E-state index is 12.3. The highest BCUT2D eigenvalue weighted by Crippen LogP contribution is 2.49. The fourth-order valence-corrected chi connectivity index (χ4v) is 3.39. The first-order valence-corrected chi connectivity index (χ1v) is 9.11. The summed E-state index contributed by atoms with van der Waals surface area (Å²) in [7, 11) is 0. The third-order valence-electron chi connectivity index (χ3n) is 4.66. The number of amides is 2. The van der Waals surface area contributed by atoms with Crippen molar-refractivity contribution in [2.24, 2.45) is 5.92 Å². The van der Waals surface area contributed by atoms with Crippen LogP contribution in [0.15, 0.2) is 60.8 Å². The van der Waals surface area contributed by atoms with Crippen molar-refractivity contribution in [1.29, 1.82) is 0 Å². The van der Waals surface area contributed by atoms with Crippen LogP contribution in [-0.2, 0) is 4.79 Å². The number of hydrazine groups is 1. The number of halogens is 1. The first kappa shape index (κ1) is 18.1. The number of hydrogen-bond acceptors (Lipinski definition) is 4. The summed E-state index contributed by atoms with van der Waals surface area (Å²) < 4.78 is 1.39. The van der Waals surface area contributed by atoms with Crippen LogP contribution in [0, 0.1) is 5.92 Å². The van der Waals surface area contributed by atoms with E-state index in [0.717, 1.165) is 5.56 Å². The maximum Gasteiger partial charge on any atom is 0.294 e. The van der Waals surface area contributed by atoms with Crippen molar-refractivity contribution < 1.29 is 14.7 Å². The zero-order valence-electron chi connectivity index (χ0n) is 14.7. The molecule has 4 rings (SSSR count). The number of aromatic nitrogens is 2. The van der Waals surface area contributed by atoms with Crippen LogP contribution in [0.25, 0.3) is 5.69 Å². The summed E-state index contributed by atoms with van der Waals surface area (Å²) in [6, 6.07) is 16.5. The molecule has 8 heteroatoms. The van der Waals surface area contributed by atoms with Crippen molar-refractivity contribution in [3.05, 3.63) is 77.1 Å². The lowest BCUT2D eigenvalue weighted by Gasteiger charge is -2.07. The SMILES string of the molecule is O=C(NNC(=O)C1CC1c1ccccc1Cl)c1nn(-c2ccccc2)cc1O. The topological polar surface area (TPSA) is 96.3 Å². The van der Waals surface area contributed by atoms with Crippen molar-refractivity contribution in [3.8, 4) is 11.4 Å². The lowest BCUT2D eigenvalue weighted by molar-refractivity contribution is -0.123. The van der Waals surface area contributed by atoms with E-state index in [1.807, 2.05) is 36.4 Å². The van der Waals surface area contributed by atoms with Gasteiger partial charge in [0.25, 0.3) is 5.91 Å². The summed E-state index contributed by atoms with van der Waals surface area (Å²) in [6.07, 6.45) is 2.00. The van der Waals surface area contributed by atoms with Crippen molar-refractivity contribution in [2.45, 2.75) is 12.3 Å². The third-order valence-corrected chi connectivity index (χ3v) is 5.01. The van der Waals surface area contributed by atoms with Crippen molar-refractivity contribution in [1.82, 2.24) is 20.6 Å². The van der Waals surface area contributed by atoms with E-state index in [2.05, 4.69) is 16.0 Å². The van der Waals surface area contributed by atoms with Crippen molar-refractivity contribution in [3.63, 3.8) is 0 Å². The zero-order valence-corrected chi connectivity index (χ0v) is 15.4. The molecule has 0 spiro atoms. The summed E-state index contributed by atoms with van der Waals surface area (Å²) in [5, 5.41) is 14.7. The van der Waals surface area contributed by atoms with Crippen LogP contribution in [0.2, 0.25) is 5.02 Å². The maximum absolute atomic E-state index is 12.3. The first-order valence-electron chi connectivity index (χ1n) is 8.73. The zero-order chi connectivity index (χ0) is 19.7. The molecule has 2 unspecified atom stereocenters. The van der Waals surface area contributed by atoms with Gasteiger partial charge in [-0.25, -0.2) is 4.68 Å². The molecule has 0 aliphatic heterocycles. The van der Waals surface area contributed by atoms with Crippen molar-refractivity contribution in [2.75, 3.05) is 0 Å². The molecule has 1 saturated carbocycles. The second kappa shape index (κ2) is 7.36. The Morgan fingerprint density at radius 2 is 1.79 bits per heavy atom. The van der Waals surface area contributed by atoms with Gasteiger partial charge in [-0.05, 0) is 36.1 Å². The monoisotopic (exact) mass is 396 g/mol. The molecule has 0 saturated heterocycles. The molecule has 142 valence electrons. The molecule has 3 aromatic rings. The molecule has 28 heavy (non-hydrogen) atoms. The fraction of sp³-hybridized carbons (Fsp3) is 0.150. The minimum absolute atomic E-state index is 0.0382. The number of para-hydroxylation sites is 1. The number of benzene rings is 2. The van der Waals surface area contributed by atoms with Crippen LogP contribution < -0.4 is 10.9 Å². The Kier molecular flexibility index (Phi) is 4.75. The Labute approximate surface area is 165 Å². The van der Waals surface area contributed by atoms with Gasteiger partial charge < -0.3 is 5.11 Å². The highest BCUT2D eigenvalue weighted by atomic mass is 35.5. The molecule has 1 heterocycles. The van der Waals surface area contributed by atoms with Gasteiger partial charge in [0.1, 0.15) is 0 Å². The molecule has 1 aliphatic rings. The highest BCUT2D eigenvalue weighted by molar-refractivity contribution is 6.31. The smallest absolute Gasteiger partial charge is 0.294 e. The Morgan fingerprint density at radius 1 is 1.07 bits per heavy atom.